The molecule has 1 aliphatic rings. The van der Waals surface area contributed by atoms with Gasteiger partial charge in [-0.25, -0.2) is 12.8 Å². The van der Waals surface area contributed by atoms with Crippen LogP contribution in [0.5, 0.6) is 0 Å². The van der Waals surface area contributed by atoms with E-state index in [1.165, 1.54) is 10.4 Å². The van der Waals surface area contributed by atoms with Crippen LogP contribution in [0.1, 0.15) is 50.8 Å². The Kier molecular flexibility index (Phi) is 4.73. The van der Waals surface area contributed by atoms with Crippen molar-refractivity contribution in [2.24, 2.45) is 0 Å². The molecule has 0 bridgehead atoms. The Morgan fingerprint density at radius 3 is 2.28 bits per heavy atom. The van der Waals surface area contributed by atoms with Crippen molar-refractivity contribution in [3.8, 4) is 0 Å². The van der Waals surface area contributed by atoms with E-state index < -0.39 is 16.1 Å². The normalized spacial score (nSPS) is 19.3. The fourth-order valence-corrected chi connectivity index (χ4v) is 5.02. The summed E-state index contributed by atoms with van der Waals surface area (Å²) in [7, 11) is -3.65. The van der Waals surface area contributed by atoms with Crippen molar-refractivity contribution in [3.63, 3.8) is 0 Å². The first-order valence-electron chi connectivity index (χ1n) is 8.58. The second kappa shape index (κ2) is 6.54. The van der Waals surface area contributed by atoms with Crippen LogP contribution in [-0.2, 0) is 15.4 Å². The van der Waals surface area contributed by atoms with Gasteiger partial charge in [0.2, 0.25) is 10.0 Å². The van der Waals surface area contributed by atoms with Gasteiger partial charge in [0.15, 0.2) is 0 Å². The second-order valence-corrected chi connectivity index (χ2v) is 9.46. The third kappa shape index (κ3) is 3.48. The van der Waals surface area contributed by atoms with Gasteiger partial charge in [0.1, 0.15) is 5.82 Å². The Labute approximate surface area is 149 Å². The number of hydrogen-bond acceptors (Lipinski definition) is 2. The lowest BCUT2D eigenvalue weighted by Crippen LogP contribution is -2.31. The van der Waals surface area contributed by atoms with Gasteiger partial charge < -0.3 is 0 Å². The van der Waals surface area contributed by atoms with E-state index in [9.17, 15) is 12.8 Å². The summed E-state index contributed by atoms with van der Waals surface area (Å²) in [5.74, 6) is -0.349. The highest BCUT2D eigenvalue weighted by molar-refractivity contribution is 7.89. The first kappa shape index (κ1) is 18.1. The summed E-state index contributed by atoms with van der Waals surface area (Å²) < 4.78 is 41.8. The largest absolute Gasteiger partial charge is 0.243 e. The number of sulfonamides is 1. The average molecular weight is 361 g/mol. The molecule has 134 valence electrons. The summed E-state index contributed by atoms with van der Waals surface area (Å²) in [5, 5.41) is 0. The van der Waals surface area contributed by atoms with E-state index in [2.05, 4.69) is 20.8 Å². The number of rotatable bonds is 3. The fraction of sp³-hybridized carbons (Fsp3) is 0.400. The summed E-state index contributed by atoms with van der Waals surface area (Å²) in [6.45, 7) is 6.68. The van der Waals surface area contributed by atoms with Crippen molar-refractivity contribution in [3.05, 3.63) is 65.5 Å². The van der Waals surface area contributed by atoms with Gasteiger partial charge in [-0.05, 0) is 42.0 Å². The Morgan fingerprint density at radius 1 is 1.04 bits per heavy atom. The molecule has 1 unspecified atom stereocenters. The summed E-state index contributed by atoms with van der Waals surface area (Å²) >= 11 is 0. The highest BCUT2D eigenvalue weighted by atomic mass is 32.2. The molecule has 3 nitrogen and oxygen atoms in total. The maximum Gasteiger partial charge on any atom is 0.243 e. The molecule has 1 fully saturated rings. The van der Waals surface area contributed by atoms with Gasteiger partial charge in [0.05, 0.1) is 10.9 Å². The molecule has 0 aliphatic carbocycles. The average Bonchev–Trinajstić information content (AvgIpc) is 3.05. The molecule has 1 heterocycles. The van der Waals surface area contributed by atoms with E-state index in [1.807, 2.05) is 12.1 Å². The lowest BCUT2D eigenvalue weighted by atomic mass is 9.87. The van der Waals surface area contributed by atoms with Crippen LogP contribution in [-0.4, -0.2) is 19.3 Å². The van der Waals surface area contributed by atoms with Crippen molar-refractivity contribution in [2.45, 2.75) is 50.0 Å². The lowest BCUT2D eigenvalue weighted by molar-refractivity contribution is 0.386. The van der Waals surface area contributed by atoms with Crippen molar-refractivity contribution in [1.82, 2.24) is 4.31 Å². The van der Waals surface area contributed by atoms with Gasteiger partial charge in [-0.1, -0.05) is 51.1 Å². The molecule has 25 heavy (non-hydrogen) atoms. The van der Waals surface area contributed by atoms with Gasteiger partial charge in [-0.15, -0.1) is 0 Å². The summed E-state index contributed by atoms with van der Waals surface area (Å²) in [5.41, 5.74) is 1.50. The third-order valence-electron chi connectivity index (χ3n) is 4.79. The first-order chi connectivity index (χ1) is 11.7. The summed E-state index contributed by atoms with van der Waals surface area (Å²) in [6, 6.07) is 13.0. The van der Waals surface area contributed by atoms with Crippen LogP contribution in [0.15, 0.2) is 53.4 Å². The van der Waals surface area contributed by atoms with E-state index >= 15 is 0 Å². The van der Waals surface area contributed by atoms with Crippen molar-refractivity contribution >= 4 is 10.0 Å². The highest BCUT2D eigenvalue weighted by Gasteiger charge is 2.37. The van der Waals surface area contributed by atoms with Gasteiger partial charge in [0, 0.05) is 12.1 Å². The summed E-state index contributed by atoms with van der Waals surface area (Å²) in [4.78, 5) is 0.267. The highest BCUT2D eigenvalue weighted by Crippen LogP contribution is 2.37. The predicted octanol–water partition coefficient (Wildman–Crippen LogP) is 4.65. The molecule has 3 rings (SSSR count). The topological polar surface area (TPSA) is 37.4 Å². The Hall–Kier alpha value is -1.72. The van der Waals surface area contributed by atoms with Gasteiger partial charge in [-0.3, -0.25) is 0 Å². The van der Waals surface area contributed by atoms with E-state index in [0.717, 1.165) is 12.0 Å². The minimum absolute atomic E-state index is 0.0361. The molecule has 0 radical (unpaired) electrons. The molecule has 1 saturated heterocycles. The van der Waals surface area contributed by atoms with Gasteiger partial charge >= 0.3 is 0 Å². The molecule has 0 spiro atoms. The standard InChI is InChI=1S/C20H24FNO2S/c1-20(2,3)15-10-12-16(13-11-15)25(23,24)22-14-6-9-19(22)17-7-4-5-8-18(17)21/h4-5,7-8,10-13,19H,6,9,14H2,1-3H3. The fourth-order valence-electron chi connectivity index (χ4n) is 3.35. The second-order valence-electron chi connectivity index (χ2n) is 7.57. The zero-order valence-electron chi connectivity index (χ0n) is 14.9. The Bertz CT molecular complexity index is 854. The van der Waals surface area contributed by atoms with Crippen molar-refractivity contribution in [2.75, 3.05) is 6.54 Å². The van der Waals surface area contributed by atoms with Crippen LogP contribution in [0.25, 0.3) is 0 Å². The van der Waals surface area contributed by atoms with Crippen LogP contribution >= 0.6 is 0 Å². The van der Waals surface area contributed by atoms with Gasteiger partial charge in [0.25, 0.3) is 0 Å². The quantitative estimate of drug-likeness (QED) is 0.798. The maximum atomic E-state index is 14.2. The minimum atomic E-state index is -3.65. The van der Waals surface area contributed by atoms with Crippen LogP contribution < -0.4 is 0 Å². The third-order valence-corrected chi connectivity index (χ3v) is 6.72. The lowest BCUT2D eigenvalue weighted by Gasteiger charge is -2.25. The maximum absolute atomic E-state index is 14.2. The van der Waals surface area contributed by atoms with E-state index in [1.54, 1.807) is 30.3 Å². The van der Waals surface area contributed by atoms with Crippen LogP contribution in [0.3, 0.4) is 0 Å². The van der Waals surface area contributed by atoms with Crippen molar-refractivity contribution in [1.29, 1.82) is 0 Å². The number of benzene rings is 2. The first-order valence-corrected chi connectivity index (χ1v) is 10.0. The summed E-state index contributed by atoms with van der Waals surface area (Å²) in [6.07, 6.45) is 1.37. The van der Waals surface area contributed by atoms with Crippen LogP contribution in [0, 0.1) is 5.82 Å². The number of halogens is 1. The van der Waals surface area contributed by atoms with E-state index in [0.29, 0.717) is 18.5 Å². The van der Waals surface area contributed by atoms with Gasteiger partial charge in [-0.2, -0.15) is 4.31 Å². The number of hydrogen-bond donors (Lipinski definition) is 0. The molecule has 0 N–H and O–H groups in total. The minimum Gasteiger partial charge on any atom is -0.207 e. The Morgan fingerprint density at radius 2 is 1.68 bits per heavy atom. The van der Waals surface area contributed by atoms with Crippen molar-refractivity contribution < 1.29 is 12.8 Å². The molecule has 0 amide bonds. The molecule has 1 atom stereocenters. The molecule has 5 heteroatoms. The van der Waals surface area contributed by atoms with Crippen LogP contribution in [0.4, 0.5) is 4.39 Å². The zero-order chi connectivity index (χ0) is 18.2. The molecule has 2 aromatic carbocycles. The smallest absolute Gasteiger partial charge is 0.207 e. The molecular formula is C20H24FNO2S. The zero-order valence-corrected chi connectivity index (χ0v) is 15.7. The molecule has 0 saturated carbocycles. The van der Waals surface area contributed by atoms with Crippen LogP contribution in [0.2, 0.25) is 0 Å². The molecule has 2 aromatic rings. The molecule has 1 aliphatic heterocycles. The Balaban J connectivity index is 1.95. The predicted molar refractivity (Wildman–Crippen MR) is 97.4 cm³/mol. The SMILES string of the molecule is CC(C)(C)c1ccc(S(=O)(=O)N2CCCC2c2ccccc2F)cc1. The molecular weight excluding hydrogens is 337 g/mol. The van der Waals surface area contributed by atoms with E-state index in [-0.39, 0.29) is 16.1 Å². The molecule has 0 aromatic heterocycles. The van der Waals surface area contributed by atoms with E-state index in [4.69, 9.17) is 0 Å². The monoisotopic (exact) mass is 361 g/mol. The number of nitrogens with zero attached hydrogens (tertiary/aromatic N) is 1.